The van der Waals surface area contributed by atoms with Crippen molar-refractivity contribution in [2.75, 3.05) is 26.2 Å². The molecule has 2 fully saturated rings. The number of nitrogens with one attached hydrogen (secondary N) is 2. The average Bonchev–Trinajstić information content (AvgIpc) is 2.96. The molecule has 1 aliphatic heterocycles. The lowest BCUT2D eigenvalue weighted by atomic mass is 9.85. The van der Waals surface area contributed by atoms with Crippen LogP contribution in [0.3, 0.4) is 0 Å². The van der Waals surface area contributed by atoms with Gasteiger partial charge in [0.15, 0.2) is 0 Å². The maximum atomic E-state index is 13.2. The fourth-order valence-electron chi connectivity index (χ4n) is 4.18. The van der Waals surface area contributed by atoms with E-state index in [1.807, 2.05) is 0 Å². The third-order valence-electron chi connectivity index (χ3n) is 5.67. The second-order valence-corrected chi connectivity index (χ2v) is 8.08. The first kappa shape index (κ1) is 15.4. The second kappa shape index (κ2) is 5.77. The van der Waals surface area contributed by atoms with Crippen LogP contribution in [0.5, 0.6) is 0 Å². The van der Waals surface area contributed by atoms with Gasteiger partial charge in [0.05, 0.1) is 16.8 Å². The maximum Gasteiger partial charge on any atom is 0.124 e. The number of hydrogen-bond acceptors (Lipinski definition) is 5. The van der Waals surface area contributed by atoms with Crippen molar-refractivity contribution in [3.05, 3.63) is 29.0 Å². The summed E-state index contributed by atoms with van der Waals surface area (Å²) in [4.78, 5) is 4.54. The number of aromatic nitrogens is 1. The highest BCUT2D eigenvalue weighted by Crippen LogP contribution is 2.67. The Hall–Kier alpha value is -1.08. The SMILES string of the molecule is OCC1(CNCc2nc3ccc(F)cc3s2)CC12CCNCC2. The van der Waals surface area contributed by atoms with Crippen molar-refractivity contribution < 1.29 is 9.50 Å². The Morgan fingerprint density at radius 3 is 2.96 bits per heavy atom. The molecule has 0 bridgehead atoms. The maximum absolute atomic E-state index is 13.2. The predicted molar refractivity (Wildman–Crippen MR) is 90.0 cm³/mol. The molecule has 4 rings (SSSR count). The highest BCUT2D eigenvalue weighted by Gasteiger charge is 2.65. The van der Waals surface area contributed by atoms with Gasteiger partial charge in [0.25, 0.3) is 0 Å². The highest BCUT2D eigenvalue weighted by atomic mass is 32.1. The lowest BCUT2D eigenvalue weighted by Gasteiger charge is -2.29. The standard InChI is InChI=1S/C17H22FN3OS/c18-12-1-2-13-14(7-12)23-15(21-13)8-20-10-17(11-22)9-16(17)3-5-19-6-4-16/h1-2,7,19-20,22H,3-6,8-11H2. The zero-order valence-corrected chi connectivity index (χ0v) is 13.9. The first-order valence-corrected chi connectivity index (χ1v) is 9.05. The van der Waals surface area contributed by atoms with E-state index in [1.54, 1.807) is 6.07 Å². The molecule has 1 aromatic heterocycles. The Morgan fingerprint density at radius 1 is 1.35 bits per heavy atom. The molecular formula is C17H22FN3OS. The van der Waals surface area contributed by atoms with Crippen molar-refractivity contribution in [3.63, 3.8) is 0 Å². The largest absolute Gasteiger partial charge is 0.396 e. The van der Waals surface area contributed by atoms with Crippen molar-refractivity contribution in [3.8, 4) is 0 Å². The number of aliphatic hydroxyl groups is 1. The van der Waals surface area contributed by atoms with Crippen LogP contribution in [0.25, 0.3) is 10.2 Å². The lowest BCUT2D eigenvalue weighted by molar-refractivity contribution is 0.147. The van der Waals surface area contributed by atoms with E-state index in [0.717, 1.165) is 54.1 Å². The monoisotopic (exact) mass is 335 g/mol. The summed E-state index contributed by atoms with van der Waals surface area (Å²) in [6, 6.07) is 4.71. The van der Waals surface area contributed by atoms with E-state index in [9.17, 15) is 9.50 Å². The topological polar surface area (TPSA) is 57.2 Å². The summed E-state index contributed by atoms with van der Waals surface area (Å²) in [5.41, 5.74) is 1.22. The van der Waals surface area contributed by atoms with Gasteiger partial charge in [-0.3, -0.25) is 0 Å². The Bertz CT molecular complexity index is 713. The van der Waals surface area contributed by atoms with E-state index in [1.165, 1.54) is 23.5 Å². The lowest BCUT2D eigenvalue weighted by Crippen LogP contribution is -2.37. The van der Waals surface area contributed by atoms with Gasteiger partial charge in [0.2, 0.25) is 0 Å². The molecule has 2 aromatic rings. The van der Waals surface area contributed by atoms with Crippen LogP contribution in [0.2, 0.25) is 0 Å². The minimum atomic E-state index is -0.217. The zero-order chi connectivity index (χ0) is 15.9. The second-order valence-electron chi connectivity index (χ2n) is 6.97. The van der Waals surface area contributed by atoms with Crippen molar-refractivity contribution in [1.82, 2.24) is 15.6 Å². The molecule has 2 heterocycles. The minimum Gasteiger partial charge on any atom is -0.396 e. The first-order chi connectivity index (χ1) is 11.2. The normalized spacial score (nSPS) is 26.0. The van der Waals surface area contributed by atoms with Crippen molar-refractivity contribution >= 4 is 21.6 Å². The molecule has 6 heteroatoms. The summed E-state index contributed by atoms with van der Waals surface area (Å²) in [7, 11) is 0. The van der Waals surface area contributed by atoms with E-state index in [2.05, 4.69) is 15.6 Å². The fraction of sp³-hybridized carbons (Fsp3) is 0.588. The van der Waals surface area contributed by atoms with Crippen molar-refractivity contribution in [2.45, 2.75) is 25.8 Å². The van der Waals surface area contributed by atoms with Crippen LogP contribution in [-0.2, 0) is 6.54 Å². The van der Waals surface area contributed by atoms with Crippen LogP contribution in [0, 0.1) is 16.6 Å². The number of benzene rings is 1. The van der Waals surface area contributed by atoms with Gasteiger partial charge in [-0.2, -0.15) is 0 Å². The number of hydrogen-bond donors (Lipinski definition) is 3. The van der Waals surface area contributed by atoms with Gasteiger partial charge in [-0.25, -0.2) is 9.37 Å². The van der Waals surface area contributed by atoms with Crippen LogP contribution in [0.1, 0.15) is 24.3 Å². The van der Waals surface area contributed by atoms with E-state index in [4.69, 9.17) is 0 Å². The molecule has 0 radical (unpaired) electrons. The summed E-state index contributed by atoms with van der Waals surface area (Å²) in [5.74, 6) is -0.217. The molecule has 2 aliphatic rings. The van der Waals surface area contributed by atoms with Gasteiger partial charge in [-0.1, -0.05) is 0 Å². The Labute approximate surface area is 139 Å². The van der Waals surface area contributed by atoms with Gasteiger partial charge in [0.1, 0.15) is 10.8 Å². The molecule has 1 atom stereocenters. The predicted octanol–water partition coefficient (Wildman–Crippen LogP) is 2.28. The molecule has 23 heavy (non-hydrogen) atoms. The fourth-order valence-corrected chi connectivity index (χ4v) is 5.14. The number of thiazole rings is 1. The average molecular weight is 335 g/mol. The van der Waals surface area contributed by atoms with Crippen molar-refractivity contribution in [1.29, 1.82) is 0 Å². The molecule has 4 nitrogen and oxygen atoms in total. The molecule has 1 aromatic carbocycles. The number of fused-ring (bicyclic) bond motifs is 1. The van der Waals surface area contributed by atoms with Crippen LogP contribution in [0.15, 0.2) is 18.2 Å². The van der Waals surface area contributed by atoms with E-state index >= 15 is 0 Å². The minimum absolute atomic E-state index is 0.0396. The van der Waals surface area contributed by atoms with E-state index in [0.29, 0.717) is 12.0 Å². The molecule has 1 unspecified atom stereocenters. The quantitative estimate of drug-likeness (QED) is 0.785. The number of rotatable bonds is 5. The molecule has 0 amide bonds. The molecular weight excluding hydrogens is 313 g/mol. The van der Waals surface area contributed by atoms with E-state index < -0.39 is 0 Å². The van der Waals surface area contributed by atoms with Crippen LogP contribution >= 0.6 is 11.3 Å². The molecule has 1 saturated heterocycles. The van der Waals surface area contributed by atoms with Gasteiger partial charge in [-0.15, -0.1) is 11.3 Å². The third kappa shape index (κ3) is 2.67. The van der Waals surface area contributed by atoms with Gasteiger partial charge in [-0.05, 0) is 56.0 Å². The Morgan fingerprint density at radius 2 is 2.17 bits per heavy atom. The van der Waals surface area contributed by atoms with Crippen LogP contribution in [-0.4, -0.2) is 36.3 Å². The number of halogens is 1. The first-order valence-electron chi connectivity index (χ1n) is 8.24. The van der Waals surface area contributed by atoms with Crippen LogP contribution < -0.4 is 10.6 Å². The highest BCUT2D eigenvalue weighted by molar-refractivity contribution is 7.18. The zero-order valence-electron chi connectivity index (χ0n) is 13.1. The molecule has 1 aliphatic carbocycles. The molecule has 3 N–H and O–H groups in total. The summed E-state index contributed by atoms with van der Waals surface area (Å²) < 4.78 is 14.1. The number of aliphatic hydroxyl groups excluding tert-OH is 1. The van der Waals surface area contributed by atoms with E-state index in [-0.39, 0.29) is 17.8 Å². The summed E-state index contributed by atoms with van der Waals surface area (Å²) in [6.45, 7) is 3.88. The molecule has 124 valence electrons. The van der Waals surface area contributed by atoms with Gasteiger partial charge in [0, 0.05) is 18.5 Å². The summed E-state index contributed by atoms with van der Waals surface area (Å²) in [5, 5.41) is 17.8. The number of piperidine rings is 1. The van der Waals surface area contributed by atoms with Gasteiger partial charge < -0.3 is 15.7 Å². The van der Waals surface area contributed by atoms with Gasteiger partial charge >= 0.3 is 0 Å². The summed E-state index contributed by atoms with van der Waals surface area (Å²) >= 11 is 1.53. The smallest absolute Gasteiger partial charge is 0.124 e. The third-order valence-corrected chi connectivity index (χ3v) is 6.69. The molecule has 1 spiro atoms. The number of nitrogens with zero attached hydrogens (tertiary/aromatic N) is 1. The van der Waals surface area contributed by atoms with Crippen LogP contribution in [0.4, 0.5) is 4.39 Å². The Kier molecular flexibility index (Phi) is 3.88. The molecule has 1 saturated carbocycles. The Balaban J connectivity index is 1.39. The summed E-state index contributed by atoms with van der Waals surface area (Å²) in [6.07, 6.45) is 3.45. The van der Waals surface area contributed by atoms with Crippen molar-refractivity contribution in [2.24, 2.45) is 10.8 Å².